The average molecular weight is 161 g/mol. The van der Waals surface area contributed by atoms with E-state index in [0.29, 0.717) is 0 Å². The maximum atomic E-state index is 10.3. The van der Waals surface area contributed by atoms with Crippen LogP contribution < -0.4 is 29.6 Å². The summed E-state index contributed by atoms with van der Waals surface area (Å²) in [6.07, 6.45) is -0.0291. The van der Waals surface area contributed by atoms with Gasteiger partial charge in [0.2, 0.25) is 0 Å². The van der Waals surface area contributed by atoms with Crippen LogP contribution in [0.4, 0.5) is 0 Å². The molecule has 0 bridgehead atoms. The van der Waals surface area contributed by atoms with Gasteiger partial charge in [-0.15, -0.1) is 9.05 Å². The Hall–Kier alpha value is 1.02. The Morgan fingerprint density at radius 2 is 2.00 bits per heavy atom. The zero-order chi connectivity index (χ0) is 6.57. The second kappa shape index (κ2) is 7.13. The Labute approximate surface area is 79.8 Å². The van der Waals surface area contributed by atoms with Crippen LogP contribution in [0.25, 0.3) is 0 Å². The third-order valence-electron chi connectivity index (χ3n) is 0.446. The Balaban J connectivity index is -0.000000245. The number of rotatable bonds is 3. The number of hydrogen-bond donors (Lipinski definition) is 0. The Morgan fingerprint density at radius 1 is 1.56 bits per heavy atom. The van der Waals surface area contributed by atoms with Crippen LogP contribution in [-0.2, 0) is 13.6 Å². The summed E-state index contributed by atoms with van der Waals surface area (Å²) in [5.41, 5.74) is 0. The smallest absolute Gasteiger partial charge is 1.00 e. The Kier molecular flexibility index (Phi) is 10.0. The molecule has 0 aromatic rings. The van der Waals surface area contributed by atoms with Gasteiger partial charge in [-0.05, 0) is 13.8 Å². The molecule has 0 aromatic heterocycles. The van der Waals surface area contributed by atoms with Crippen molar-refractivity contribution in [1.29, 1.82) is 0 Å². The van der Waals surface area contributed by atoms with Gasteiger partial charge in [0.25, 0.3) is 0 Å². The predicted molar refractivity (Wildman–Crippen MR) is 31.9 cm³/mol. The van der Waals surface area contributed by atoms with Gasteiger partial charge in [-0.1, -0.05) is 0 Å². The van der Waals surface area contributed by atoms with Gasteiger partial charge in [0.15, 0.2) is 0 Å². The molecule has 5 heteroatoms. The molecule has 0 spiro atoms. The van der Waals surface area contributed by atoms with Crippen LogP contribution in [0.15, 0.2) is 0 Å². The van der Waals surface area contributed by atoms with Gasteiger partial charge in [-0.3, -0.25) is 0 Å². The van der Waals surface area contributed by atoms with E-state index in [1.165, 1.54) is 7.11 Å². The SMILES string of the molecule is CO[P+](=O)OC(C)C.[H-].[Na+]. The molecule has 1 atom stereocenters. The Morgan fingerprint density at radius 3 is 2.11 bits per heavy atom. The molecule has 9 heavy (non-hydrogen) atoms. The van der Waals surface area contributed by atoms with Gasteiger partial charge < -0.3 is 1.43 Å². The zero-order valence-electron chi connectivity index (χ0n) is 7.25. The van der Waals surface area contributed by atoms with Gasteiger partial charge >= 0.3 is 37.8 Å². The van der Waals surface area contributed by atoms with Crippen molar-refractivity contribution < 1.29 is 44.6 Å². The van der Waals surface area contributed by atoms with E-state index in [9.17, 15) is 4.57 Å². The zero-order valence-corrected chi connectivity index (χ0v) is 9.14. The van der Waals surface area contributed by atoms with Crippen molar-refractivity contribution in [2.45, 2.75) is 20.0 Å². The van der Waals surface area contributed by atoms with Gasteiger partial charge in [0.1, 0.15) is 6.10 Å². The summed E-state index contributed by atoms with van der Waals surface area (Å²) >= 11 is 0. The van der Waals surface area contributed by atoms with Crippen LogP contribution in [0.1, 0.15) is 15.3 Å². The average Bonchev–Trinajstić information content (AvgIpc) is 1.65. The fourth-order valence-electron chi connectivity index (χ4n) is 0.215. The molecule has 0 aliphatic carbocycles. The number of hydrogen-bond acceptors (Lipinski definition) is 3. The summed E-state index contributed by atoms with van der Waals surface area (Å²) in [5, 5.41) is 0. The van der Waals surface area contributed by atoms with Crippen molar-refractivity contribution in [1.82, 2.24) is 0 Å². The molecule has 0 aliphatic rings. The minimum Gasteiger partial charge on any atom is -1.00 e. The topological polar surface area (TPSA) is 35.5 Å². The molecule has 0 heterocycles. The molecule has 0 amide bonds. The molecule has 0 aliphatic heterocycles. The van der Waals surface area contributed by atoms with Crippen LogP contribution in [0.2, 0.25) is 0 Å². The second-order valence-electron chi connectivity index (χ2n) is 1.56. The van der Waals surface area contributed by atoms with Crippen LogP contribution in [0.3, 0.4) is 0 Å². The first-order valence-corrected chi connectivity index (χ1v) is 3.44. The first-order valence-electron chi connectivity index (χ1n) is 2.35. The quantitative estimate of drug-likeness (QED) is 0.386. The minimum absolute atomic E-state index is 0. The molecule has 0 rings (SSSR count). The molecule has 0 aromatic carbocycles. The van der Waals surface area contributed by atoms with E-state index in [0.717, 1.165) is 0 Å². The van der Waals surface area contributed by atoms with Crippen LogP contribution in [-0.4, -0.2) is 13.2 Å². The van der Waals surface area contributed by atoms with E-state index in [2.05, 4.69) is 9.05 Å². The third-order valence-corrected chi connectivity index (χ3v) is 1.34. The molecule has 1 unspecified atom stereocenters. The molecular formula is C4H11NaO3P+. The van der Waals surface area contributed by atoms with Crippen molar-refractivity contribution in [3.8, 4) is 0 Å². The predicted octanol–water partition coefficient (Wildman–Crippen LogP) is -1.17. The second-order valence-corrected chi connectivity index (χ2v) is 2.58. The van der Waals surface area contributed by atoms with Gasteiger partial charge in [-0.25, -0.2) is 0 Å². The van der Waals surface area contributed by atoms with Gasteiger partial charge in [0, 0.05) is 4.57 Å². The first kappa shape index (κ1) is 12.7. The van der Waals surface area contributed by atoms with E-state index in [-0.39, 0.29) is 37.1 Å². The monoisotopic (exact) mass is 161 g/mol. The van der Waals surface area contributed by atoms with Crippen LogP contribution in [0.5, 0.6) is 0 Å². The van der Waals surface area contributed by atoms with Crippen molar-refractivity contribution in [3.63, 3.8) is 0 Å². The van der Waals surface area contributed by atoms with E-state index in [4.69, 9.17) is 0 Å². The summed E-state index contributed by atoms with van der Waals surface area (Å²) in [7, 11) is -0.520. The molecule has 0 saturated heterocycles. The molecule has 3 nitrogen and oxygen atoms in total. The normalized spacial score (nSPS) is 10.9. The maximum absolute atomic E-state index is 10.3. The molecule has 0 N–H and O–H groups in total. The third kappa shape index (κ3) is 9.02. The van der Waals surface area contributed by atoms with E-state index < -0.39 is 8.25 Å². The molecule has 50 valence electrons. The maximum Gasteiger partial charge on any atom is 1.00 e. The van der Waals surface area contributed by atoms with Gasteiger partial charge in [-0.2, -0.15) is 0 Å². The fourth-order valence-corrected chi connectivity index (χ4v) is 0.645. The standard InChI is InChI=1S/C4H10O3P.Na.H/c1-4(2)7-8(5)6-3;;/h4H,1-3H3;;/q2*+1;-1. The molecule has 0 fully saturated rings. The van der Waals surface area contributed by atoms with Crippen LogP contribution >= 0.6 is 8.25 Å². The summed E-state index contributed by atoms with van der Waals surface area (Å²) in [6.45, 7) is 3.60. The van der Waals surface area contributed by atoms with Crippen molar-refractivity contribution in [3.05, 3.63) is 0 Å². The molecular weight excluding hydrogens is 150 g/mol. The molecule has 0 radical (unpaired) electrons. The summed E-state index contributed by atoms with van der Waals surface area (Å²) in [6, 6.07) is 0. The summed E-state index contributed by atoms with van der Waals surface area (Å²) in [5.74, 6) is 0. The van der Waals surface area contributed by atoms with E-state index in [1.807, 2.05) is 0 Å². The van der Waals surface area contributed by atoms with Crippen molar-refractivity contribution >= 4 is 8.25 Å². The minimum atomic E-state index is -1.87. The molecule has 0 saturated carbocycles. The largest absolute Gasteiger partial charge is 1.00 e. The summed E-state index contributed by atoms with van der Waals surface area (Å²) in [4.78, 5) is 0. The van der Waals surface area contributed by atoms with Crippen LogP contribution in [0, 0.1) is 0 Å². The summed E-state index contributed by atoms with van der Waals surface area (Å²) < 4.78 is 19.4. The Bertz CT molecular complexity index is 90.6. The van der Waals surface area contributed by atoms with E-state index >= 15 is 0 Å². The van der Waals surface area contributed by atoms with Gasteiger partial charge in [0.05, 0.1) is 7.11 Å². The fraction of sp³-hybridized carbons (Fsp3) is 1.00. The van der Waals surface area contributed by atoms with E-state index in [1.54, 1.807) is 13.8 Å². The van der Waals surface area contributed by atoms with Crippen molar-refractivity contribution in [2.24, 2.45) is 0 Å². The first-order chi connectivity index (χ1) is 3.66. The van der Waals surface area contributed by atoms with Crippen molar-refractivity contribution in [2.75, 3.05) is 7.11 Å².